The first-order chi connectivity index (χ1) is 14.2. The highest BCUT2D eigenvalue weighted by molar-refractivity contribution is 7.85. The van der Waals surface area contributed by atoms with Crippen molar-refractivity contribution in [3.8, 4) is 11.8 Å². The van der Waals surface area contributed by atoms with Gasteiger partial charge in [-0.15, -0.1) is 5.92 Å². The maximum atomic E-state index is 11.8. The molecule has 0 aromatic heterocycles. The fourth-order valence-electron chi connectivity index (χ4n) is 1.96. The van der Waals surface area contributed by atoms with Gasteiger partial charge in [0.1, 0.15) is 12.6 Å². The highest BCUT2D eigenvalue weighted by atomic mass is 32.2. The number of ether oxygens (including phenoxy) is 1. The fourth-order valence-corrected chi connectivity index (χ4v) is 2.35. The van der Waals surface area contributed by atoms with Crippen LogP contribution in [-0.4, -0.2) is 57.1 Å². The van der Waals surface area contributed by atoms with E-state index < -0.39 is 34.9 Å². The Morgan fingerprint density at radius 2 is 2.10 bits per heavy atom. The number of nitrogens with zero attached hydrogens (tertiary/aromatic N) is 4. The van der Waals surface area contributed by atoms with E-state index in [4.69, 9.17) is 16.0 Å². The SMILES string of the molecule is CS(=O)(=O)OCCC#C[C@@H](N=[N+]=[N-])[C@H](CO)N=C(N)NC(=O)OCc1ccccc1. The van der Waals surface area contributed by atoms with E-state index in [9.17, 15) is 18.3 Å². The van der Waals surface area contributed by atoms with Crippen LogP contribution in [0.4, 0.5) is 4.79 Å². The van der Waals surface area contributed by atoms with Crippen molar-refractivity contribution >= 4 is 22.2 Å². The number of hydrogen-bond donors (Lipinski definition) is 3. The van der Waals surface area contributed by atoms with Crippen molar-refractivity contribution < 1.29 is 27.2 Å². The maximum Gasteiger partial charge on any atom is 0.414 e. The van der Waals surface area contributed by atoms with Crippen LogP contribution in [0.3, 0.4) is 0 Å². The lowest BCUT2D eigenvalue weighted by molar-refractivity contribution is 0.145. The summed E-state index contributed by atoms with van der Waals surface area (Å²) in [7, 11) is -3.59. The molecule has 0 aliphatic rings. The van der Waals surface area contributed by atoms with E-state index >= 15 is 0 Å². The fraction of sp³-hybridized carbons (Fsp3) is 0.412. The normalized spacial score (nSPS) is 13.2. The zero-order valence-corrected chi connectivity index (χ0v) is 16.9. The number of benzene rings is 1. The number of aliphatic hydroxyl groups excluding tert-OH is 1. The summed E-state index contributed by atoms with van der Waals surface area (Å²) in [5, 5.41) is 15.1. The lowest BCUT2D eigenvalue weighted by atomic mass is 10.1. The molecule has 162 valence electrons. The molecule has 0 saturated heterocycles. The van der Waals surface area contributed by atoms with Gasteiger partial charge in [-0.3, -0.25) is 9.50 Å². The molecule has 0 aliphatic heterocycles. The van der Waals surface area contributed by atoms with Crippen LogP contribution in [-0.2, 0) is 25.6 Å². The number of hydrogen-bond acceptors (Lipinski definition) is 8. The van der Waals surface area contributed by atoms with Crippen LogP contribution in [0.1, 0.15) is 12.0 Å². The molecular weight excluding hydrogens is 416 g/mol. The minimum Gasteiger partial charge on any atom is -0.444 e. The number of alkyl carbamates (subject to hydrolysis) is 1. The van der Waals surface area contributed by atoms with E-state index in [0.717, 1.165) is 11.8 Å². The molecule has 1 aromatic carbocycles. The summed E-state index contributed by atoms with van der Waals surface area (Å²) in [6, 6.07) is 6.78. The van der Waals surface area contributed by atoms with Crippen molar-refractivity contribution in [3.63, 3.8) is 0 Å². The second-order valence-electron chi connectivity index (χ2n) is 5.70. The first-order valence-electron chi connectivity index (χ1n) is 8.54. The summed E-state index contributed by atoms with van der Waals surface area (Å²) in [6.45, 7) is -0.746. The third-order valence-corrected chi connectivity index (χ3v) is 3.84. The van der Waals surface area contributed by atoms with E-state index in [1.54, 1.807) is 24.3 Å². The quantitative estimate of drug-likeness (QED) is 0.0736. The molecule has 1 amide bonds. The summed E-state index contributed by atoms with van der Waals surface area (Å²) in [6.07, 6.45) is 0.0767. The van der Waals surface area contributed by atoms with E-state index in [2.05, 4.69) is 36.4 Å². The molecule has 13 heteroatoms. The average Bonchev–Trinajstić information content (AvgIpc) is 2.69. The van der Waals surface area contributed by atoms with Gasteiger partial charge in [-0.2, -0.15) is 8.42 Å². The second-order valence-corrected chi connectivity index (χ2v) is 7.34. The van der Waals surface area contributed by atoms with Crippen molar-refractivity contribution in [1.82, 2.24) is 5.32 Å². The Bertz CT molecular complexity index is 934. The molecule has 1 rings (SSSR count). The Hall–Kier alpha value is -3.30. The number of rotatable bonds is 9. The van der Waals surface area contributed by atoms with Gasteiger partial charge in [0.05, 0.1) is 25.5 Å². The van der Waals surface area contributed by atoms with Gasteiger partial charge in [0.2, 0.25) is 0 Å². The van der Waals surface area contributed by atoms with Crippen LogP contribution in [0.15, 0.2) is 40.4 Å². The molecule has 0 bridgehead atoms. The molecule has 0 aliphatic carbocycles. The Morgan fingerprint density at radius 1 is 1.40 bits per heavy atom. The Morgan fingerprint density at radius 3 is 2.70 bits per heavy atom. The number of azide groups is 1. The average molecular weight is 438 g/mol. The number of guanidine groups is 1. The number of aliphatic hydroxyl groups is 1. The molecular formula is C17H22N6O6S. The van der Waals surface area contributed by atoms with Crippen LogP contribution in [0.5, 0.6) is 0 Å². The van der Waals surface area contributed by atoms with Crippen LogP contribution in [0.2, 0.25) is 0 Å². The minimum absolute atomic E-state index is 0.0196. The Labute approximate surface area is 173 Å². The van der Waals surface area contributed by atoms with Gasteiger partial charge >= 0.3 is 6.09 Å². The summed E-state index contributed by atoms with van der Waals surface area (Å²) < 4.78 is 31.3. The largest absolute Gasteiger partial charge is 0.444 e. The number of aliphatic imine (C=N–C) groups is 1. The first kappa shape index (κ1) is 24.7. The molecule has 0 radical (unpaired) electrons. The number of carbonyl (C=O) groups excluding carboxylic acids is 1. The van der Waals surface area contributed by atoms with E-state index in [0.29, 0.717) is 0 Å². The number of nitrogens with one attached hydrogen (secondary N) is 1. The standard InChI is InChI=1S/C17H22N6O6S/c1-30(26,27)29-10-6-5-9-14(22-23-19)15(11-24)20-16(18)21-17(25)28-12-13-7-3-2-4-8-13/h2-4,7-8,14-15,24H,6,10-12H2,1H3,(H3,18,20,21,25)/t14-,15+/m1/s1. The molecule has 0 fully saturated rings. The van der Waals surface area contributed by atoms with Gasteiger partial charge in [-0.05, 0) is 11.1 Å². The number of nitrogens with two attached hydrogens (primary N) is 1. The lowest BCUT2D eigenvalue weighted by Gasteiger charge is -2.14. The van der Waals surface area contributed by atoms with Crippen LogP contribution in [0.25, 0.3) is 10.4 Å². The van der Waals surface area contributed by atoms with Gasteiger partial charge in [0, 0.05) is 11.3 Å². The summed E-state index contributed by atoms with van der Waals surface area (Å²) >= 11 is 0. The van der Waals surface area contributed by atoms with Gasteiger partial charge in [-0.1, -0.05) is 41.4 Å². The van der Waals surface area contributed by atoms with Gasteiger partial charge in [0.25, 0.3) is 10.1 Å². The Kier molecular flexibility index (Phi) is 10.7. The smallest absolute Gasteiger partial charge is 0.414 e. The highest BCUT2D eigenvalue weighted by Gasteiger charge is 2.18. The van der Waals surface area contributed by atoms with Crippen molar-refractivity contribution in [2.45, 2.75) is 25.1 Å². The van der Waals surface area contributed by atoms with Crippen molar-refractivity contribution in [2.24, 2.45) is 15.8 Å². The van der Waals surface area contributed by atoms with Gasteiger partial charge < -0.3 is 15.6 Å². The number of carbonyl (C=O) groups is 1. The molecule has 1 aromatic rings. The summed E-state index contributed by atoms with van der Waals surface area (Å²) in [5.41, 5.74) is 15.1. The molecule has 0 spiro atoms. The lowest BCUT2D eigenvalue weighted by Crippen LogP contribution is -2.40. The Balaban J connectivity index is 2.67. The van der Waals surface area contributed by atoms with Gasteiger partial charge in [0.15, 0.2) is 5.96 Å². The second kappa shape index (κ2) is 13.0. The van der Waals surface area contributed by atoms with E-state index in [1.165, 1.54) is 0 Å². The molecule has 0 heterocycles. The topological polar surface area (TPSA) is 189 Å². The van der Waals surface area contributed by atoms with Crippen LogP contribution < -0.4 is 11.1 Å². The maximum absolute atomic E-state index is 11.8. The van der Waals surface area contributed by atoms with E-state index in [-0.39, 0.29) is 25.6 Å². The first-order valence-corrected chi connectivity index (χ1v) is 10.4. The molecule has 0 unspecified atom stereocenters. The molecule has 2 atom stereocenters. The number of amides is 1. The molecule has 12 nitrogen and oxygen atoms in total. The van der Waals surface area contributed by atoms with Crippen LogP contribution in [0, 0.1) is 11.8 Å². The van der Waals surface area contributed by atoms with E-state index in [1.807, 2.05) is 6.07 Å². The molecule has 4 N–H and O–H groups in total. The minimum atomic E-state index is -3.59. The third-order valence-electron chi connectivity index (χ3n) is 3.25. The zero-order chi connectivity index (χ0) is 22.4. The van der Waals surface area contributed by atoms with Crippen molar-refractivity contribution in [3.05, 3.63) is 46.3 Å². The zero-order valence-electron chi connectivity index (χ0n) is 16.1. The van der Waals surface area contributed by atoms with Crippen molar-refractivity contribution in [1.29, 1.82) is 0 Å². The van der Waals surface area contributed by atoms with Crippen LogP contribution >= 0.6 is 0 Å². The monoisotopic (exact) mass is 438 g/mol. The highest BCUT2D eigenvalue weighted by Crippen LogP contribution is 2.04. The molecule has 30 heavy (non-hydrogen) atoms. The molecule has 0 saturated carbocycles. The summed E-state index contributed by atoms with van der Waals surface area (Å²) in [4.78, 5) is 18.3. The predicted octanol–water partition coefficient (Wildman–Crippen LogP) is 0.637. The van der Waals surface area contributed by atoms with Crippen molar-refractivity contribution in [2.75, 3.05) is 19.5 Å². The van der Waals surface area contributed by atoms with Gasteiger partial charge in [-0.25, -0.2) is 9.79 Å². The third kappa shape index (κ3) is 10.9. The summed E-state index contributed by atoms with van der Waals surface area (Å²) in [5.74, 6) is 4.76. The predicted molar refractivity (Wildman–Crippen MR) is 108 cm³/mol.